The second-order valence-corrected chi connectivity index (χ2v) is 6.52. The van der Waals surface area contributed by atoms with Gasteiger partial charge in [0.15, 0.2) is 0 Å². The molecule has 1 amide bonds. The Morgan fingerprint density at radius 3 is 2.81 bits per heavy atom. The minimum Gasteiger partial charge on any atom is -0.339 e. The average molecular weight is 353 g/mol. The van der Waals surface area contributed by atoms with Crippen molar-refractivity contribution in [2.24, 2.45) is 0 Å². The molecule has 1 fully saturated rings. The molecule has 2 aromatic heterocycles. The minimum absolute atomic E-state index is 0.0797. The number of pyridine rings is 1. The molecule has 0 radical (unpaired) electrons. The zero-order valence-electron chi connectivity index (χ0n) is 14.3. The molecule has 2 atom stereocenters. The molecule has 7 heteroatoms. The lowest BCUT2D eigenvalue weighted by molar-refractivity contribution is -0.117. The van der Waals surface area contributed by atoms with E-state index in [4.69, 9.17) is 0 Å². The van der Waals surface area contributed by atoms with E-state index in [1.165, 1.54) is 12.1 Å². The molecule has 0 bridgehead atoms. The van der Waals surface area contributed by atoms with Crippen molar-refractivity contribution in [3.63, 3.8) is 0 Å². The van der Waals surface area contributed by atoms with Gasteiger partial charge in [0, 0.05) is 17.1 Å². The van der Waals surface area contributed by atoms with Crippen LogP contribution in [0.5, 0.6) is 0 Å². The molecule has 1 aliphatic heterocycles. The first-order chi connectivity index (χ1) is 12.6. The second kappa shape index (κ2) is 6.86. The first kappa shape index (κ1) is 16.7. The number of benzene rings is 1. The number of H-pyrrole nitrogens is 1. The van der Waals surface area contributed by atoms with E-state index in [2.05, 4.69) is 33.1 Å². The molecule has 4 N–H and O–H groups in total. The molecule has 4 rings (SSSR count). The Labute approximate surface area is 150 Å². The zero-order valence-corrected chi connectivity index (χ0v) is 14.3. The smallest absolute Gasteiger partial charge is 0.242 e. The van der Waals surface area contributed by atoms with Crippen LogP contribution in [0.2, 0.25) is 0 Å². The van der Waals surface area contributed by atoms with Crippen molar-refractivity contribution < 1.29 is 9.18 Å². The number of hydrogen-bond donors (Lipinski definition) is 4. The maximum absolute atomic E-state index is 13.1. The molecule has 134 valence electrons. The maximum Gasteiger partial charge on any atom is 0.242 e. The van der Waals surface area contributed by atoms with Gasteiger partial charge in [-0.15, -0.1) is 0 Å². The quantitative estimate of drug-likeness (QED) is 0.581. The topological polar surface area (TPSA) is 81.8 Å². The third-order valence-corrected chi connectivity index (χ3v) is 4.68. The van der Waals surface area contributed by atoms with Crippen LogP contribution in [0.3, 0.4) is 0 Å². The molecule has 6 nitrogen and oxygen atoms in total. The van der Waals surface area contributed by atoms with Gasteiger partial charge in [-0.05, 0) is 54.8 Å². The van der Waals surface area contributed by atoms with Gasteiger partial charge in [0.2, 0.25) is 5.91 Å². The van der Waals surface area contributed by atoms with Crippen LogP contribution in [0, 0.1) is 5.82 Å². The molecule has 0 spiro atoms. The summed E-state index contributed by atoms with van der Waals surface area (Å²) in [5.74, 6) is -0.350. The summed E-state index contributed by atoms with van der Waals surface area (Å²) >= 11 is 0. The number of carbonyl (C=O) groups excluding carboxylic acids is 1. The number of carbonyl (C=O) groups is 1. The highest BCUT2D eigenvalue weighted by molar-refractivity contribution is 5.96. The Hall–Kier alpha value is -2.77. The summed E-state index contributed by atoms with van der Waals surface area (Å²) in [6.07, 6.45) is 3.36. The normalized spacial score (nSPS) is 19.8. The summed E-state index contributed by atoms with van der Waals surface area (Å²) in [5.41, 5.74) is 9.24. The van der Waals surface area contributed by atoms with Crippen molar-refractivity contribution in [2.45, 2.75) is 31.8 Å². The van der Waals surface area contributed by atoms with E-state index >= 15 is 0 Å². The number of nitrogens with zero attached hydrogens (tertiary/aromatic N) is 1. The number of nitrogens with one attached hydrogen (secondary N) is 4. The molecule has 2 unspecified atom stereocenters. The number of aromatic amines is 1. The van der Waals surface area contributed by atoms with Gasteiger partial charge in [-0.1, -0.05) is 6.92 Å². The Balaban J connectivity index is 1.52. The van der Waals surface area contributed by atoms with Gasteiger partial charge in [0.1, 0.15) is 17.5 Å². The van der Waals surface area contributed by atoms with Crippen LogP contribution in [0.1, 0.15) is 19.8 Å². The van der Waals surface area contributed by atoms with Crippen LogP contribution >= 0.6 is 0 Å². The van der Waals surface area contributed by atoms with E-state index in [1.807, 2.05) is 12.1 Å². The molecule has 1 aliphatic rings. The van der Waals surface area contributed by atoms with Crippen LogP contribution in [0.25, 0.3) is 22.3 Å². The van der Waals surface area contributed by atoms with Crippen molar-refractivity contribution in [2.75, 3.05) is 5.32 Å². The number of hydrogen-bond acceptors (Lipinski definition) is 4. The standard InChI is InChI=1S/C19H20FN5O/c1-2-14-9-17(25-24-14)19(26)22-15-7-12-8-16(23-18(12)21-10-15)11-3-5-13(20)6-4-11/h3-8,10,14,17,24-25H,2,9H2,1H3,(H,21,23)(H,22,26). The molecule has 1 saturated heterocycles. The second-order valence-electron chi connectivity index (χ2n) is 6.52. The fourth-order valence-electron chi connectivity index (χ4n) is 3.16. The van der Waals surface area contributed by atoms with E-state index in [1.54, 1.807) is 18.3 Å². The number of rotatable bonds is 4. The SMILES string of the molecule is CCC1CC(C(=O)Nc2cnc3[nH]c(-c4ccc(F)cc4)cc3c2)NN1. The van der Waals surface area contributed by atoms with Crippen molar-refractivity contribution in [1.82, 2.24) is 20.8 Å². The zero-order chi connectivity index (χ0) is 18.1. The summed E-state index contributed by atoms with van der Waals surface area (Å²) in [6.45, 7) is 2.09. The highest BCUT2D eigenvalue weighted by Crippen LogP contribution is 2.25. The highest BCUT2D eigenvalue weighted by Gasteiger charge is 2.28. The molecule has 0 aliphatic carbocycles. The lowest BCUT2D eigenvalue weighted by Gasteiger charge is -2.10. The van der Waals surface area contributed by atoms with Crippen molar-refractivity contribution in [1.29, 1.82) is 0 Å². The first-order valence-corrected chi connectivity index (χ1v) is 8.69. The minimum atomic E-state index is -0.270. The van der Waals surface area contributed by atoms with Gasteiger partial charge < -0.3 is 10.3 Å². The van der Waals surface area contributed by atoms with Gasteiger partial charge in [-0.3, -0.25) is 10.2 Å². The van der Waals surface area contributed by atoms with Gasteiger partial charge in [0.25, 0.3) is 0 Å². The summed E-state index contributed by atoms with van der Waals surface area (Å²) < 4.78 is 13.1. The lowest BCUT2D eigenvalue weighted by atomic mass is 10.1. The Morgan fingerprint density at radius 1 is 1.27 bits per heavy atom. The van der Waals surface area contributed by atoms with Crippen molar-refractivity contribution >= 4 is 22.6 Å². The predicted molar refractivity (Wildman–Crippen MR) is 98.9 cm³/mol. The monoisotopic (exact) mass is 353 g/mol. The van der Waals surface area contributed by atoms with Crippen LogP contribution < -0.4 is 16.2 Å². The highest BCUT2D eigenvalue weighted by atomic mass is 19.1. The Morgan fingerprint density at radius 2 is 2.08 bits per heavy atom. The first-order valence-electron chi connectivity index (χ1n) is 8.69. The third-order valence-electron chi connectivity index (χ3n) is 4.68. The van der Waals surface area contributed by atoms with E-state index in [0.717, 1.165) is 29.5 Å². The van der Waals surface area contributed by atoms with Crippen LogP contribution in [-0.4, -0.2) is 28.0 Å². The Kier molecular flexibility index (Phi) is 4.40. The number of fused-ring (bicyclic) bond motifs is 1. The molecule has 3 aromatic rings. The predicted octanol–water partition coefficient (Wildman–Crippen LogP) is 2.95. The van der Waals surface area contributed by atoms with Crippen molar-refractivity contribution in [3.05, 3.63) is 48.4 Å². The fourth-order valence-corrected chi connectivity index (χ4v) is 3.16. The van der Waals surface area contributed by atoms with Gasteiger partial charge in [-0.25, -0.2) is 14.8 Å². The van der Waals surface area contributed by atoms with Crippen LogP contribution in [0.15, 0.2) is 42.6 Å². The largest absolute Gasteiger partial charge is 0.339 e. The molecular weight excluding hydrogens is 333 g/mol. The summed E-state index contributed by atoms with van der Waals surface area (Å²) in [7, 11) is 0. The van der Waals surface area contributed by atoms with E-state index in [0.29, 0.717) is 17.4 Å². The number of anilines is 1. The Bertz CT molecular complexity index is 937. The fraction of sp³-hybridized carbons (Fsp3) is 0.263. The number of hydrazine groups is 1. The van der Waals surface area contributed by atoms with Crippen LogP contribution in [0.4, 0.5) is 10.1 Å². The third kappa shape index (κ3) is 3.31. The molecule has 26 heavy (non-hydrogen) atoms. The number of halogens is 1. The van der Waals surface area contributed by atoms with E-state index in [9.17, 15) is 9.18 Å². The molecule has 1 aromatic carbocycles. The van der Waals surface area contributed by atoms with E-state index < -0.39 is 0 Å². The lowest BCUT2D eigenvalue weighted by Crippen LogP contribution is -2.40. The summed E-state index contributed by atoms with van der Waals surface area (Å²) in [5, 5.41) is 3.79. The number of amides is 1. The maximum atomic E-state index is 13.1. The summed E-state index contributed by atoms with van der Waals surface area (Å²) in [6, 6.07) is 10.2. The summed E-state index contributed by atoms with van der Waals surface area (Å²) in [4.78, 5) is 20.0. The number of aromatic nitrogens is 2. The average Bonchev–Trinajstić information content (AvgIpc) is 3.29. The van der Waals surface area contributed by atoms with Crippen LogP contribution in [-0.2, 0) is 4.79 Å². The van der Waals surface area contributed by atoms with Crippen molar-refractivity contribution in [3.8, 4) is 11.3 Å². The van der Waals surface area contributed by atoms with Gasteiger partial charge in [-0.2, -0.15) is 0 Å². The molecule has 3 heterocycles. The van der Waals surface area contributed by atoms with Gasteiger partial charge in [0.05, 0.1) is 11.9 Å². The van der Waals surface area contributed by atoms with Gasteiger partial charge >= 0.3 is 0 Å². The van der Waals surface area contributed by atoms with E-state index in [-0.39, 0.29) is 17.8 Å². The molecular formula is C19H20FN5O. The molecule has 0 saturated carbocycles.